The van der Waals surface area contributed by atoms with E-state index in [1.165, 1.54) is 16.7 Å². The summed E-state index contributed by atoms with van der Waals surface area (Å²) in [7, 11) is 0. The number of rotatable bonds is 2. The SMILES string of the molecule is Cc1ccc(/C=C/c2cc[c]cc2)cc1. The van der Waals surface area contributed by atoms with Crippen LogP contribution in [0.1, 0.15) is 16.7 Å². The fourth-order valence-corrected chi connectivity index (χ4v) is 1.38. The third kappa shape index (κ3) is 2.81. The maximum atomic E-state index is 3.00. The van der Waals surface area contributed by atoms with E-state index < -0.39 is 0 Å². The summed E-state index contributed by atoms with van der Waals surface area (Å²) >= 11 is 0. The van der Waals surface area contributed by atoms with Crippen molar-refractivity contribution in [3.63, 3.8) is 0 Å². The highest BCUT2D eigenvalue weighted by Gasteiger charge is 1.87. The summed E-state index contributed by atoms with van der Waals surface area (Å²) in [6.07, 6.45) is 4.23. The van der Waals surface area contributed by atoms with Crippen molar-refractivity contribution in [2.24, 2.45) is 0 Å². The molecule has 0 unspecified atom stereocenters. The summed E-state index contributed by atoms with van der Waals surface area (Å²) < 4.78 is 0. The molecule has 0 N–H and O–H groups in total. The third-order valence-electron chi connectivity index (χ3n) is 2.29. The number of hydrogen-bond donors (Lipinski definition) is 0. The Morgan fingerprint density at radius 1 is 0.800 bits per heavy atom. The Morgan fingerprint density at radius 3 is 1.93 bits per heavy atom. The number of benzene rings is 2. The van der Waals surface area contributed by atoms with Crippen LogP contribution in [0.15, 0.2) is 48.5 Å². The summed E-state index contributed by atoms with van der Waals surface area (Å²) in [6, 6.07) is 19.4. The quantitative estimate of drug-likeness (QED) is 0.633. The minimum Gasteiger partial charge on any atom is -0.0587 e. The van der Waals surface area contributed by atoms with Gasteiger partial charge < -0.3 is 0 Å². The highest BCUT2D eigenvalue weighted by atomic mass is 13.9. The molecule has 0 heterocycles. The second kappa shape index (κ2) is 4.61. The first kappa shape index (κ1) is 9.72. The van der Waals surface area contributed by atoms with Crippen molar-refractivity contribution in [1.82, 2.24) is 0 Å². The average molecular weight is 193 g/mol. The van der Waals surface area contributed by atoms with Gasteiger partial charge in [-0.25, -0.2) is 0 Å². The number of hydrogen-bond acceptors (Lipinski definition) is 0. The first-order valence-corrected chi connectivity index (χ1v) is 5.05. The van der Waals surface area contributed by atoms with E-state index in [-0.39, 0.29) is 0 Å². The standard InChI is InChI=1S/C15H13/c1-13-7-9-15(10-8-13)12-11-14-5-3-2-4-6-14/h3-12H,1H3/b12-11+. The summed E-state index contributed by atoms with van der Waals surface area (Å²) in [5.74, 6) is 0. The molecule has 0 saturated carbocycles. The second-order valence-electron chi connectivity index (χ2n) is 3.58. The van der Waals surface area contributed by atoms with E-state index in [4.69, 9.17) is 0 Å². The van der Waals surface area contributed by atoms with Gasteiger partial charge in [0.15, 0.2) is 0 Å². The van der Waals surface area contributed by atoms with Gasteiger partial charge in [-0.05, 0) is 24.1 Å². The summed E-state index contributed by atoms with van der Waals surface area (Å²) in [6.45, 7) is 2.10. The van der Waals surface area contributed by atoms with E-state index in [2.05, 4.69) is 49.4 Å². The zero-order valence-corrected chi connectivity index (χ0v) is 8.77. The monoisotopic (exact) mass is 193 g/mol. The van der Waals surface area contributed by atoms with E-state index in [0.29, 0.717) is 0 Å². The summed E-state index contributed by atoms with van der Waals surface area (Å²) in [4.78, 5) is 0. The van der Waals surface area contributed by atoms with E-state index in [1.807, 2.05) is 24.3 Å². The van der Waals surface area contributed by atoms with Crippen LogP contribution in [0.3, 0.4) is 0 Å². The Balaban J connectivity index is 2.15. The Kier molecular flexibility index (Phi) is 2.99. The molecule has 0 aliphatic rings. The Bertz CT molecular complexity index is 435. The Hall–Kier alpha value is -1.82. The molecule has 0 fully saturated rings. The molecule has 2 aromatic rings. The number of aryl methyl sites for hydroxylation is 1. The maximum Gasteiger partial charge on any atom is -0.0184 e. The zero-order valence-electron chi connectivity index (χ0n) is 8.77. The molecule has 1 radical (unpaired) electrons. The van der Waals surface area contributed by atoms with E-state index in [9.17, 15) is 0 Å². The highest BCUT2D eigenvalue weighted by Crippen LogP contribution is 2.08. The van der Waals surface area contributed by atoms with Gasteiger partial charge in [-0.1, -0.05) is 66.2 Å². The molecule has 0 bridgehead atoms. The average Bonchev–Trinajstić information content (AvgIpc) is 2.30. The van der Waals surface area contributed by atoms with Crippen LogP contribution in [-0.4, -0.2) is 0 Å². The van der Waals surface area contributed by atoms with Gasteiger partial charge >= 0.3 is 0 Å². The molecule has 2 rings (SSSR count). The molecule has 0 spiro atoms. The van der Waals surface area contributed by atoms with Crippen LogP contribution in [0, 0.1) is 13.0 Å². The van der Waals surface area contributed by atoms with Crippen LogP contribution < -0.4 is 0 Å². The summed E-state index contributed by atoms with van der Waals surface area (Å²) in [5, 5.41) is 0. The Labute approximate surface area is 90.9 Å². The smallest absolute Gasteiger partial charge is 0.0184 e. The minimum atomic E-state index is 1.20. The van der Waals surface area contributed by atoms with Crippen molar-refractivity contribution in [1.29, 1.82) is 0 Å². The molecule has 15 heavy (non-hydrogen) atoms. The lowest BCUT2D eigenvalue weighted by Gasteiger charge is -1.95. The summed E-state index contributed by atoms with van der Waals surface area (Å²) in [5.41, 5.74) is 3.73. The Morgan fingerprint density at radius 2 is 1.33 bits per heavy atom. The van der Waals surface area contributed by atoms with Crippen LogP contribution in [0.25, 0.3) is 12.2 Å². The van der Waals surface area contributed by atoms with Crippen molar-refractivity contribution in [3.8, 4) is 0 Å². The molecule has 0 amide bonds. The molecular weight excluding hydrogens is 180 g/mol. The molecule has 0 heteroatoms. The predicted molar refractivity (Wildman–Crippen MR) is 65.4 cm³/mol. The van der Waals surface area contributed by atoms with Gasteiger partial charge in [-0.2, -0.15) is 0 Å². The van der Waals surface area contributed by atoms with Crippen LogP contribution >= 0.6 is 0 Å². The van der Waals surface area contributed by atoms with Gasteiger partial charge in [0, 0.05) is 0 Å². The largest absolute Gasteiger partial charge is 0.0587 e. The first-order chi connectivity index (χ1) is 7.34. The van der Waals surface area contributed by atoms with Crippen LogP contribution in [0.5, 0.6) is 0 Å². The first-order valence-electron chi connectivity index (χ1n) is 5.05. The van der Waals surface area contributed by atoms with Gasteiger partial charge in [0.25, 0.3) is 0 Å². The van der Waals surface area contributed by atoms with Crippen LogP contribution in [-0.2, 0) is 0 Å². The maximum absolute atomic E-state index is 3.00. The fourth-order valence-electron chi connectivity index (χ4n) is 1.38. The van der Waals surface area contributed by atoms with Crippen molar-refractivity contribution in [3.05, 3.63) is 71.3 Å². The van der Waals surface area contributed by atoms with Gasteiger partial charge in [-0.3, -0.25) is 0 Å². The molecule has 0 atom stereocenters. The topological polar surface area (TPSA) is 0 Å². The molecule has 0 aliphatic heterocycles. The molecule has 0 aromatic heterocycles. The van der Waals surface area contributed by atoms with Crippen LogP contribution in [0.4, 0.5) is 0 Å². The van der Waals surface area contributed by atoms with E-state index in [0.717, 1.165) is 0 Å². The lowest BCUT2D eigenvalue weighted by molar-refractivity contribution is 1.46. The molecule has 0 nitrogen and oxygen atoms in total. The fraction of sp³-hybridized carbons (Fsp3) is 0.0667. The molecular formula is C15H13. The van der Waals surface area contributed by atoms with E-state index >= 15 is 0 Å². The van der Waals surface area contributed by atoms with E-state index in [1.54, 1.807) is 0 Å². The second-order valence-corrected chi connectivity index (χ2v) is 3.58. The van der Waals surface area contributed by atoms with Crippen molar-refractivity contribution in [2.75, 3.05) is 0 Å². The van der Waals surface area contributed by atoms with Crippen LogP contribution in [0.2, 0.25) is 0 Å². The van der Waals surface area contributed by atoms with Crippen molar-refractivity contribution in [2.45, 2.75) is 6.92 Å². The normalized spacial score (nSPS) is 10.7. The molecule has 0 saturated heterocycles. The molecule has 2 aromatic carbocycles. The van der Waals surface area contributed by atoms with Crippen molar-refractivity contribution < 1.29 is 0 Å². The van der Waals surface area contributed by atoms with Crippen molar-refractivity contribution >= 4 is 12.2 Å². The minimum absolute atomic E-state index is 1.20. The van der Waals surface area contributed by atoms with Gasteiger partial charge in [0.05, 0.1) is 0 Å². The molecule has 73 valence electrons. The van der Waals surface area contributed by atoms with Gasteiger partial charge in [0.1, 0.15) is 0 Å². The van der Waals surface area contributed by atoms with Gasteiger partial charge in [0.2, 0.25) is 0 Å². The van der Waals surface area contributed by atoms with Gasteiger partial charge in [-0.15, -0.1) is 0 Å². The molecule has 0 aliphatic carbocycles. The lowest BCUT2D eigenvalue weighted by atomic mass is 10.1. The highest BCUT2D eigenvalue weighted by molar-refractivity contribution is 5.69. The lowest BCUT2D eigenvalue weighted by Crippen LogP contribution is -1.74. The predicted octanol–water partition coefficient (Wildman–Crippen LogP) is 3.97. The zero-order chi connectivity index (χ0) is 10.5. The third-order valence-corrected chi connectivity index (χ3v) is 2.29.